The van der Waals surface area contributed by atoms with Crippen molar-refractivity contribution in [3.63, 3.8) is 0 Å². The number of amides is 2. The summed E-state index contributed by atoms with van der Waals surface area (Å²) in [5.74, 6) is 5.10. The lowest BCUT2D eigenvalue weighted by Gasteiger charge is -2.34. The van der Waals surface area contributed by atoms with Gasteiger partial charge in [0.05, 0.1) is 11.8 Å². The minimum absolute atomic E-state index is 0.0395. The highest BCUT2D eigenvalue weighted by Crippen LogP contribution is 2.39. The van der Waals surface area contributed by atoms with Gasteiger partial charge in [-0.2, -0.15) is 18.3 Å². The number of anilines is 1. The number of rotatable bonds is 9. The lowest BCUT2D eigenvalue weighted by molar-refractivity contribution is -0.137. The van der Waals surface area contributed by atoms with Crippen molar-refractivity contribution in [2.75, 3.05) is 24.5 Å². The Hall–Kier alpha value is -4.29. The van der Waals surface area contributed by atoms with E-state index in [4.69, 9.17) is 17.4 Å². The summed E-state index contributed by atoms with van der Waals surface area (Å²) < 4.78 is 42.2. The molecule has 13 heteroatoms. The van der Waals surface area contributed by atoms with Gasteiger partial charge in [0, 0.05) is 48.4 Å². The molecule has 3 aromatic rings. The topological polar surface area (TPSA) is 125 Å². The van der Waals surface area contributed by atoms with Crippen LogP contribution in [0.4, 0.5) is 19.0 Å². The van der Waals surface area contributed by atoms with Crippen LogP contribution in [0.3, 0.4) is 0 Å². The van der Waals surface area contributed by atoms with E-state index in [1.54, 1.807) is 29.2 Å². The predicted octanol–water partition coefficient (Wildman–Crippen LogP) is 4.97. The van der Waals surface area contributed by atoms with Gasteiger partial charge in [-0.05, 0) is 61.1 Å². The van der Waals surface area contributed by atoms with E-state index in [2.05, 4.69) is 25.7 Å². The molecule has 9 nitrogen and oxygen atoms in total. The predicted molar refractivity (Wildman–Crippen MR) is 168 cm³/mol. The van der Waals surface area contributed by atoms with E-state index in [1.165, 1.54) is 12.4 Å². The Balaban J connectivity index is 1.12. The number of halogens is 4. The maximum atomic E-state index is 14.1. The van der Waals surface area contributed by atoms with E-state index < -0.39 is 23.7 Å². The molecule has 2 saturated heterocycles. The number of hydrogen-bond donors (Lipinski definition) is 3. The molecule has 0 bridgehead atoms. The van der Waals surface area contributed by atoms with Crippen molar-refractivity contribution >= 4 is 41.2 Å². The van der Waals surface area contributed by atoms with E-state index >= 15 is 0 Å². The van der Waals surface area contributed by atoms with Crippen LogP contribution in [0.15, 0.2) is 70.9 Å². The van der Waals surface area contributed by atoms with Gasteiger partial charge in [0.2, 0.25) is 5.91 Å². The maximum Gasteiger partial charge on any atom is 0.419 e. The number of nitrogens with two attached hydrogens (primary N) is 1. The molecular formula is C32H33ClF3N7O2. The third-order valence-corrected chi connectivity index (χ3v) is 8.22. The molecule has 5 rings (SSSR count). The van der Waals surface area contributed by atoms with E-state index in [0.717, 1.165) is 36.6 Å². The number of carbonyl (C=O) groups excluding carboxylic acids is 2. The highest BCUT2D eigenvalue weighted by Gasteiger charge is 2.37. The number of aliphatic imine (C=N–C) groups is 1. The molecule has 0 aliphatic carbocycles. The number of carbonyl (C=O) groups is 2. The molecule has 1 atom stereocenters. The van der Waals surface area contributed by atoms with E-state index in [9.17, 15) is 22.8 Å². The molecule has 0 saturated carbocycles. The second-order valence-electron chi connectivity index (χ2n) is 11.1. The number of piperidine rings is 2. The number of hydrogen-bond acceptors (Lipinski definition) is 8. The molecule has 2 fully saturated rings. The van der Waals surface area contributed by atoms with Crippen molar-refractivity contribution in [3.05, 3.63) is 82.5 Å². The number of nitrogens with zero attached hydrogens (tertiary/aromatic N) is 4. The Bertz CT molecular complexity index is 1590. The smallest absolute Gasteiger partial charge is 0.356 e. The van der Waals surface area contributed by atoms with Crippen molar-refractivity contribution in [2.24, 2.45) is 21.9 Å². The van der Waals surface area contributed by atoms with Gasteiger partial charge in [-0.3, -0.25) is 19.9 Å². The van der Waals surface area contributed by atoms with Gasteiger partial charge in [-0.25, -0.2) is 4.98 Å². The van der Waals surface area contributed by atoms with E-state index in [1.807, 2.05) is 24.3 Å². The monoisotopic (exact) mass is 639 g/mol. The van der Waals surface area contributed by atoms with Gasteiger partial charge >= 0.3 is 6.18 Å². The lowest BCUT2D eigenvalue weighted by atomic mass is 9.96. The fraction of sp³-hybridized carbons (Fsp3) is 0.344. The van der Waals surface area contributed by atoms with Crippen molar-refractivity contribution in [1.82, 2.24) is 15.6 Å². The van der Waals surface area contributed by atoms with Crippen LogP contribution < -0.4 is 21.4 Å². The fourth-order valence-electron chi connectivity index (χ4n) is 5.47. The van der Waals surface area contributed by atoms with Gasteiger partial charge in [0.15, 0.2) is 0 Å². The molecule has 2 aromatic carbocycles. The van der Waals surface area contributed by atoms with E-state index in [0.29, 0.717) is 53.8 Å². The highest BCUT2D eigenvalue weighted by molar-refractivity contribution is 6.38. The molecule has 4 N–H and O–H groups in total. The highest BCUT2D eigenvalue weighted by atomic mass is 35.5. The van der Waals surface area contributed by atoms with Crippen LogP contribution in [-0.4, -0.2) is 54.4 Å². The molecule has 2 aliphatic heterocycles. The first kappa shape index (κ1) is 32.1. The first-order valence-electron chi connectivity index (χ1n) is 14.6. The first-order valence-corrected chi connectivity index (χ1v) is 15.0. The van der Waals surface area contributed by atoms with Gasteiger partial charge in [-0.15, -0.1) is 0 Å². The minimum atomic E-state index is -4.54. The van der Waals surface area contributed by atoms with Crippen LogP contribution in [-0.2, 0) is 22.3 Å². The lowest BCUT2D eigenvalue weighted by Crippen LogP contribution is -2.43. The number of aromatic nitrogens is 1. The zero-order valence-corrected chi connectivity index (χ0v) is 25.1. The normalized spacial score (nSPS) is 18.4. The molecular weight excluding hydrogens is 607 g/mol. The Morgan fingerprint density at radius 2 is 1.84 bits per heavy atom. The summed E-state index contributed by atoms with van der Waals surface area (Å²) in [6, 6.07) is 14.8. The number of nitrogens with one attached hydrogen (secondary N) is 2. The Labute approximate surface area is 263 Å². The summed E-state index contributed by atoms with van der Waals surface area (Å²) in [6.45, 7) is 2.31. The number of imide groups is 1. The van der Waals surface area contributed by atoms with Crippen LogP contribution >= 0.6 is 11.6 Å². The molecule has 0 spiro atoms. The van der Waals surface area contributed by atoms with Gasteiger partial charge < -0.3 is 16.1 Å². The number of alkyl halides is 3. The molecule has 2 aliphatic rings. The van der Waals surface area contributed by atoms with Crippen LogP contribution in [0.25, 0.3) is 11.1 Å². The standard InChI is InChI=1S/C32H33ClF3N7O2/c33-25-3-1-2-23(14-25)24-15-26(32(34,35)36)30(40-18-24)43-12-10-21(11-13-43)17-38-16-20-4-6-22(7-5-20)28(42-37)19-39-27-8-9-29(44)41-31(27)45/h1-7,14-15,18-19,21,27,38H,8-13,16-17,37H2,(H,41,44,45). The summed E-state index contributed by atoms with van der Waals surface area (Å²) in [4.78, 5) is 33.5. The zero-order valence-electron chi connectivity index (χ0n) is 24.4. The molecule has 0 radical (unpaired) electrons. The van der Waals surface area contributed by atoms with Crippen molar-refractivity contribution in [1.29, 1.82) is 0 Å². The van der Waals surface area contributed by atoms with Gasteiger partial charge in [0.1, 0.15) is 17.6 Å². The third-order valence-electron chi connectivity index (χ3n) is 7.98. The van der Waals surface area contributed by atoms with Crippen molar-refractivity contribution in [3.8, 4) is 11.1 Å². The molecule has 1 aromatic heterocycles. The minimum Gasteiger partial charge on any atom is -0.356 e. The molecule has 236 valence electrons. The average molecular weight is 640 g/mol. The van der Waals surface area contributed by atoms with Crippen LogP contribution in [0, 0.1) is 5.92 Å². The number of pyridine rings is 1. The summed E-state index contributed by atoms with van der Waals surface area (Å²) >= 11 is 6.04. The summed E-state index contributed by atoms with van der Waals surface area (Å²) in [7, 11) is 0. The van der Waals surface area contributed by atoms with Crippen molar-refractivity contribution in [2.45, 2.75) is 44.4 Å². The van der Waals surface area contributed by atoms with E-state index in [-0.39, 0.29) is 18.1 Å². The number of hydrazone groups is 1. The second kappa shape index (κ2) is 14.2. The quantitative estimate of drug-likeness (QED) is 0.132. The molecule has 45 heavy (non-hydrogen) atoms. The summed E-state index contributed by atoms with van der Waals surface area (Å²) in [5.41, 5.74) is 2.38. The van der Waals surface area contributed by atoms with Crippen LogP contribution in [0.2, 0.25) is 5.02 Å². The second-order valence-corrected chi connectivity index (χ2v) is 11.6. The largest absolute Gasteiger partial charge is 0.419 e. The molecule has 3 heterocycles. The van der Waals surface area contributed by atoms with Gasteiger partial charge in [-0.1, -0.05) is 48.0 Å². The Morgan fingerprint density at radius 3 is 2.51 bits per heavy atom. The zero-order chi connectivity index (χ0) is 32.0. The van der Waals surface area contributed by atoms with Crippen LogP contribution in [0.1, 0.15) is 42.4 Å². The summed E-state index contributed by atoms with van der Waals surface area (Å²) in [6.07, 6.45) is 0.435. The summed E-state index contributed by atoms with van der Waals surface area (Å²) in [5, 5.41) is 9.95. The fourth-order valence-corrected chi connectivity index (χ4v) is 5.66. The molecule has 1 unspecified atom stereocenters. The van der Waals surface area contributed by atoms with Gasteiger partial charge in [0.25, 0.3) is 5.91 Å². The Morgan fingerprint density at radius 1 is 1.09 bits per heavy atom. The first-order chi connectivity index (χ1) is 21.6. The molecule has 2 amide bonds. The third kappa shape index (κ3) is 8.25. The Kier molecular flexibility index (Phi) is 10.1. The SMILES string of the molecule is NN=C(C=NC1CCC(=O)NC1=O)c1ccc(CNCC2CCN(c3ncc(-c4cccc(Cl)c4)cc3C(F)(F)F)CC2)cc1. The average Bonchev–Trinajstić information content (AvgIpc) is 3.02. The van der Waals surface area contributed by atoms with Crippen LogP contribution in [0.5, 0.6) is 0 Å². The number of benzene rings is 2. The maximum absolute atomic E-state index is 14.1. The van der Waals surface area contributed by atoms with Crippen molar-refractivity contribution < 1.29 is 22.8 Å².